The summed E-state index contributed by atoms with van der Waals surface area (Å²) in [6.07, 6.45) is 45.2. The van der Waals surface area contributed by atoms with Gasteiger partial charge in [0.05, 0.1) is 0 Å². The number of unbranched alkanes of at least 4 members (excludes halogenated alkanes) is 23. The van der Waals surface area contributed by atoms with Crippen molar-refractivity contribution in [1.82, 2.24) is 0 Å². The van der Waals surface area contributed by atoms with Crippen LogP contribution in [0.1, 0.15) is 274 Å². The average molecular weight is 896 g/mol. The zero-order valence-electron chi connectivity index (χ0n) is 42.4. The normalized spacial score (nSPS) is 12.9. The van der Waals surface area contributed by atoms with Crippen molar-refractivity contribution in [2.45, 2.75) is 278 Å². The molecule has 0 aliphatic carbocycles. The minimum atomic E-state index is 1.03. The number of rotatable bonds is 37. The van der Waals surface area contributed by atoms with Gasteiger partial charge >= 0.3 is 26.2 Å². The quantitative estimate of drug-likeness (QED) is 0.0367. The summed E-state index contributed by atoms with van der Waals surface area (Å²) >= 11 is 1.62. The Hall–Kier alpha value is -1.99. The standard InChI is InChI=1S/C57H94N2.2CH3.Ni/c1-7-13-19-20-21-22-23-24-25-26-27-28-29-30-31-32-33-34-35-41-55-54(40-18-12-6)56(52-44-48(36-14-8-2)42-49(45-52)37-15-9-3)59(58)57(55)53-46-50(38-16-10-4)43-51(47-53)39-17-11-5;;;/h42-47H,7-41H2,1-6H3;2*1H3;. The second-order valence-corrected chi connectivity index (χ2v) is 20.0. The Morgan fingerprint density at radius 1 is 0.323 bits per heavy atom. The summed E-state index contributed by atoms with van der Waals surface area (Å²) in [6.45, 7) is 13.8. The topological polar surface area (TPSA) is 25.3 Å². The molecule has 0 saturated heterocycles. The molecular weight excluding hydrogens is 795 g/mol. The number of benzene rings is 2. The van der Waals surface area contributed by atoms with Crippen LogP contribution in [-0.4, -0.2) is 4.70 Å². The molecule has 0 amide bonds. The van der Waals surface area contributed by atoms with Crippen molar-refractivity contribution in [3.05, 3.63) is 86.5 Å². The first kappa shape index (κ1) is 56.1. The van der Waals surface area contributed by atoms with Gasteiger partial charge in [0.15, 0.2) is 0 Å². The van der Waals surface area contributed by atoms with E-state index in [1.54, 1.807) is 19.1 Å². The maximum atomic E-state index is 12.6. The second kappa shape index (κ2) is 37.3. The third kappa shape index (κ3) is 22.8. The molecule has 1 aliphatic heterocycles. The van der Waals surface area contributed by atoms with E-state index in [1.165, 1.54) is 218 Å². The molecule has 0 fully saturated rings. The molecule has 62 heavy (non-hydrogen) atoms. The molecule has 3 heteroatoms. The van der Waals surface area contributed by atoms with Crippen LogP contribution in [0.5, 0.6) is 0 Å². The first-order valence-electron chi connectivity index (χ1n) is 26.9. The van der Waals surface area contributed by atoms with Gasteiger partial charge < -0.3 is 5.53 Å². The van der Waals surface area contributed by atoms with Crippen molar-refractivity contribution in [2.24, 2.45) is 0 Å². The van der Waals surface area contributed by atoms with E-state index in [4.69, 9.17) is 0 Å². The molecule has 1 heterocycles. The van der Waals surface area contributed by atoms with Crippen molar-refractivity contribution >= 4 is 11.4 Å². The van der Waals surface area contributed by atoms with Crippen LogP contribution in [0.3, 0.4) is 0 Å². The van der Waals surface area contributed by atoms with Gasteiger partial charge in [0.2, 0.25) is 11.4 Å². The molecule has 0 spiro atoms. The summed E-state index contributed by atoms with van der Waals surface area (Å²) in [7, 11) is 0. The Bertz CT molecular complexity index is 1460. The van der Waals surface area contributed by atoms with E-state index >= 15 is 0 Å². The fraction of sp³-hybridized carbons (Fsp3) is 0.729. The van der Waals surface area contributed by atoms with Gasteiger partial charge in [0, 0.05) is 22.3 Å². The van der Waals surface area contributed by atoms with E-state index in [0.29, 0.717) is 0 Å². The van der Waals surface area contributed by atoms with Crippen molar-refractivity contribution in [2.75, 3.05) is 0 Å². The molecule has 0 unspecified atom stereocenters. The first-order chi connectivity index (χ1) is 30.4. The van der Waals surface area contributed by atoms with Crippen LogP contribution in [0.4, 0.5) is 0 Å². The van der Waals surface area contributed by atoms with Crippen LogP contribution in [0.25, 0.3) is 16.9 Å². The fourth-order valence-electron chi connectivity index (χ4n) is 9.42. The van der Waals surface area contributed by atoms with E-state index in [2.05, 4.69) is 89.7 Å². The Morgan fingerprint density at radius 2 is 0.548 bits per heavy atom. The summed E-state index contributed by atoms with van der Waals surface area (Å²) in [6, 6.07) is 14.7. The van der Waals surface area contributed by atoms with Gasteiger partial charge in [0.25, 0.3) is 0 Å². The van der Waals surface area contributed by atoms with Crippen molar-refractivity contribution < 1.29 is 19.1 Å². The Labute approximate surface area is 393 Å². The molecular formula is C59H100N2Ni. The molecule has 0 radical (unpaired) electrons. The zero-order chi connectivity index (χ0) is 45.0. The Morgan fingerprint density at radius 3 is 0.823 bits per heavy atom. The van der Waals surface area contributed by atoms with Gasteiger partial charge in [-0.1, -0.05) is 201 Å². The second-order valence-electron chi connectivity index (χ2n) is 19.0. The number of hydrogen-bond donors (Lipinski definition) is 0. The third-order valence-corrected chi connectivity index (χ3v) is 13.1. The van der Waals surface area contributed by atoms with Crippen molar-refractivity contribution in [1.29, 1.82) is 0 Å². The van der Waals surface area contributed by atoms with Crippen LogP contribution in [0.2, 0.25) is 11.8 Å². The van der Waals surface area contributed by atoms with Gasteiger partial charge in [-0.25, -0.2) is 4.70 Å². The summed E-state index contributed by atoms with van der Waals surface area (Å²) in [4.78, 5) is 0. The van der Waals surface area contributed by atoms with E-state index in [-0.39, 0.29) is 0 Å². The predicted octanol–water partition coefficient (Wildman–Crippen LogP) is 20.4. The molecule has 2 nitrogen and oxygen atoms in total. The SMILES string of the molecule is CCCCCCCCCCCCCCCCCCCCCC1=C(c2cc(CCCC)cc(CCCC)c2)[N+](=[N-])C(c2cc(CCCC)cc(CCCC)c2)=C1CCCC.[CH3][Ni][CH3]. The molecule has 1 aliphatic rings. The third-order valence-electron chi connectivity index (χ3n) is 13.1. The molecule has 356 valence electrons. The van der Waals surface area contributed by atoms with Crippen molar-refractivity contribution in [3.63, 3.8) is 0 Å². The van der Waals surface area contributed by atoms with Gasteiger partial charge in [-0.15, -0.1) is 0 Å². The molecule has 0 aromatic heterocycles. The Kier molecular flexibility index (Phi) is 33.7. The summed E-state index contributed by atoms with van der Waals surface area (Å²) in [5, 5.41) is 0. The molecule has 0 atom stereocenters. The first-order valence-corrected chi connectivity index (χ1v) is 28.8. The molecule has 0 bridgehead atoms. The van der Waals surface area contributed by atoms with Crippen LogP contribution in [-0.2, 0) is 40.1 Å². The average Bonchev–Trinajstić information content (AvgIpc) is 3.56. The maximum absolute atomic E-state index is 12.6. The molecule has 3 rings (SSSR count). The molecule has 0 saturated carbocycles. The zero-order valence-corrected chi connectivity index (χ0v) is 43.4. The summed E-state index contributed by atoms with van der Waals surface area (Å²) in [5.41, 5.74) is 25.8. The summed E-state index contributed by atoms with van der Waals surface area (Å²) < 4.78 is 1.68. The van der Waals surface area contributed by atoms with Gasteiger partial charge in [0.1, 0.15) is 0 Å². The van der Waals surface area contributed by atoms with Crippen LogP contribution in [0, 0.1) is 0 Å². The number of aryl methyl sites for hydroxylation is 4. The van der Waals surface area contributed by atoms with Crippen molar-refractivity contribution in [3.8, 4) is 0 Å². The predicted molar refractivity (Wildman–Crippen MR) is 274 cm³/mol. The van der Waals surface area contributed by atoms with E-state index < -0.39 is 0 Å². The van der Waals surface area contributed by atoms with E-state index in [0.717, 1.165) is 62.8 Å². The van der Waals surface area contributed by atoms with E-state index in [9.17, 15) is 5.53 Å². The monoisotopic (exact) mass is 895 g/mol. The minimum absolute atomic E-state index is 1.03. The number of nitrogens with zero attached hydrogens (tertiary/aromatic N) is 2. The van der Waals surface area contributed by atoms with Crippen LogP contribution >= 0.6 is 0 Å². The van der Waals surface area contributed by atoms with E-state index in [1.807, 2.05) is 0 Å². The molecule has 0 N–H and O–H groups in total. The van der Waals surface area contributed by atoms with Gasteiger partial charge in [-0.2, -0.15) is 0 Å². The fourth-order valence-corrected chi connectivity index (χ4v) is 9.42. The van der Waals surface area contributed by atoms with Crippen LogP contribution < -0.4 is 0 Å². The van der Waals surface area contributed by atoms with Gasteiger partial charge in [-0.05, 0) is 124 Å². The summed E-state index contributed by atoms with van der Waals surface area (Å²) in [5.74, 6) is 4.12. The Balaban J connectivity index is 0.00000428. The van der Waals surface area contributed by atoms with Gasteiger partial charge in [-0.3, -0.25) is 0 Å². The van der Waals surface area contributed by atoms with Crippen LogP contribution in [0.15, 0.2) is 47.5 Å². The molecule has 2 aromatic carbocycles. The number of allylic oxidation sites excluding steroid dienone is 2. The molecule has 2 aromatic rings. The number of hydrogen-bond acceptors (Lipinski definition) is 0.